The quantitative estimate of drug-likeness (QED) is 0.747. The van der Waals surface area contributed by atoms with Crippen LogP contribution in [-0.4, -0.2) is 65.4 Å². The molecule has 1 aromatic rings. The van der Waals surface area contributed by atoms with Gasteiger partial charge in [0.2, 0.25) is 5.91 Å². The molecule has 2 saturated heterocycles. The molecule has 0 atom stereocenters. The molecule has 3 aliphatic heterocycles. The standard InChI is InChI=1S/C24H31N3O4/c1-17-21(24(31-23(17)30)10-14-27(15-11-24)18(2)28)22(29)25-20-8-12-26(13-9-20)16-19-6-4-3-5-7-19/h3-7,20H,8-16H2,1-2H3,(H,25,29). The number of nitrogens with zero attached hydrogens (tertiary/aromatic N) is 2. The molecule has 0 unspecified atom stereocenters. The van der Waals surface area contributed by atoms with Gasteiger partial charge in [0.05, 0.1) is 5.57 Å². The Bertz CT molecular complexity index is 879. The Morgan fingerprint density at radius 2 is 1.74 bits per heavy atom. The van der Waals surface area contributed by atoms with Gasteiger partial charge in [0, 0.05) is 64.1 Å². The number of rotatable bonds is 4. The zero-order valence-electron chi connectivity index (χ0n) is 18.4. The topological polar surface area (TPSA) is 78.9 Å². The third-order valence-electron chi connectivity index (χ3n) is 6.84. The van der Waals surface area contributed by atoms with Crippen molar-refractivity contribution in [1.82, 2.24) is 15.1 Å². The molecule has 2 amide bonds. The zero-order chi connectivity index (χ0) is 22.0. The molecule has 7 nitrogen and oxygen atoms in total. The lowest BCUT2D eigenvalue weighted by Gasteiger charge is -2.39. The van der Waals surface area contributed by atoms with E-state index in [-0.39, 0.29) is 17.9 Å². The molecule has 4 rings (SSSR count). The van der Waals surface area contributed by atoms with Gasteiger partial charge in [-0.1, -0.05) is 30.3 Å². The van der Waals surface area contributed by atoms with E-state index in [1.165, 1.54) is 12.5 Å². The van der Waals surface area contributed by atoms with Gasteiger partial charge < -0.3 is 15.0 Å². The number of benzene rings is 1. The van der Waals surface area contributed by atoms with E-state index in [1.54, 1.807) is 11.8 Å². The molecule has 7 heteroatoms. The fourth-order valence-electron chi connectivity index (χ4n) is 5.00. The van der Waals surface area contributed by atoms with E-state index in [0.29, 0.717) is 37.1 Å². The summed E-state index contributed by atoms with van der Waals surface area (Å²) < 4.78 is 5.72. The molecule has 0 aromatic heterocycles. The van der Waals surface area contributed by atoms with Crippen molar-refractivity contribution in [2.45, 2.75) is 57.7 Å². The Morgan fingerprint density at radius 3 is 2.35 bits per heavy atom. The van der Waals surface area contributed by atoms with Gasteiger partial charge in [-0.05, 0) is 25.3 Å². The van der Waals surface area contributed by atoms with Gasteiger partial charge in [-0.15, -0.1) is 0 Å². The van der Waals surface area contributed by atoms with Gasteiger partial charge in [0.25, 0.3) is 5.91 Å². The van der Waals surface area contributed by atoms with Crippen LogP contribution in [0, 0.1) is 0 Å². The number of ether oxygens (including phenoxy) is 1. The SMILES string of the molecule is CC(=O)N1CCC2(CC1)OC(=O)C(C)=C2C(=O)NC1CCN(Cc2ccccc2)CC1. The number of hydrogen-bond donors (Lipinski definition) is 1. The first kappa shape index (κ1) is 21.6. The van der Waals surface area contributed by atoms with Crippen molar-refractivity contribution < 1.29 is 19.1 Å². The number of hydrogen-bond acceptors (Lipinski definition) is 5. The highest BCUT2D eigenvalue weighted by Crippen LogP contribution is 2.41. The second kappa shape index (κ2) is 8.83. The highest BCUT2D eigenvalue weighted by molar-refractivity contribution is 6.07. The fraction of sp³-hybridized carbons (Fsp3) is 0.542. The van der Waals surface area contributed by atoms with Crippen molar-refractivity contribution >= 4 is 17.8 Å². The smallest absolute Gasteiger partial charge is 0.335 e. The number of likely N-dealkylation sites (tertiary alicyclic amines) is 2. The summed E-state index contributed by atoms with van der Waals surface area (Å²) in [4.78, 5) is 41.4. The largest absolute Gasteiger partial charge is 0.450 e. The molecule has 1 spiro atoms. The van der Waals surface area contributed by atoms with E-state index >= 15 is 0 Å². The summed E-state index contributed by atoms with van der Waals surface area (Å²) in [6.45, 7) is 6.96. The molecule has 0 aliphatic carbocycles. The number of nitrogens with one attached hydrogen (secondary N) is 1. The molecule has 0 radical (unpaired) electrons. The Hall–Kier alpha value is -2.67. The summed E-state index contributed by atoms with van der Waals surface area (Å²) in [5.74, 6) is -0.603. The monoisotopic (exact) mass is 425 g/mol. The number of piperidine rings is 2. The highest BCUT2D eigenvalue weighted by Gasteiger charge is 2.51. The van der Waals surface area contributed by atoms with Crippen LogP contribution in [0.25, 0.3) is 0 Å². The molecular weight excluding hydrogens is 394 g/mol. The third-order valence-corrected chi connectivity index (χ3v) is 6.84. The van der Waals surface area contributed by atoms with E-state index in [9.17, 15) is 14.4 Å². The number of carbonyl (C=O) groups is 3. The average molecular weight is 426 g/mol. The van der Waals surface area contributed by atoms with Gasteiger partial charge in [-0.2, -0.15) is 0 Å². The van der Waals surface area contributed by atoms with E-state index < -0.39 is 11.6 Å². The summed E-state index contributed by atoms with van der Waals surface area (Å²) in [7, 11) is 0. The van der Waals surface area contributed by atoms with E-state index in [0.717, 1.165) is 32.5 Å². The van der Waals surface area contributed by atoms with Crippen LogP contribution in [0.5, 0.6) is 0 Å². The van der Waals surface area contributed by atoms with Crippen LogP contribution in [0.2, 0.25) is 0 Å². The minimum Gasteiger partial charge on any atom is -0.450 e. The van der Waals surface area contributed by atoms with E-state index in [1.807, 2.05) is 6.07 Å². The van der Waals surface area contributed by atoms with E-state index in [2.05, 4.69) is 34.5 Å². The number of carbonyl (C=O) groups excluding carboxylic acids is 3. The van der Waals surface area contributed by atoms with Gasteiger partial charge in [0.15, 0.2) is 0 Å². The summed E-state index contributed by atoms with van der Waals surface area (Å²) in [6, 6.07) is 10.5. The van der Waals surface area contributed by atoms with Gasteiger partial charge in [-0.3, -0.25) is 14.5 Å². The first-order valence-electron chi connectivity index (χ1n) is 11.2. The summed E-state index contributed by atoms with van der Waals surface area (Å²) >= 11 is 0. The summed E-state index contributed by atoms with van der Waals surface area (Å²) in [5, 5.41) is 3.17. The molecule has 0 saturated carbocycles. The van der Waals surface area contributed by atoms with Crippen LogP contribution in [0.3, 0.4) is 0 Å². The molecule has 1 N–H and O–H groups in total. The van der Waals surface area contributed by atoms with Crippen molar-refractivity contribution in [3.63, 3.8) is 0 Å². The lowest BCUT2D eigenvalue weighted by atomic mass is 9.82. The minimum atomic E-state index is -0.898. The van der Waals surface area contributed by atoms with Crippen molar-refractivity contribution in [3.05, 3.63) is 47.0 Å². The Kier molecular flexibility index (Phi) is 6.14. The molecule has 2 fully saturated rings. The predicted molar refractivity (Wildman–Crippen MR) is 116 cm³/mol. The summed E-state index contributed by atoms with van der Waals surface area (Å²) in [6.07, 6.45) is 2.69. The maximum Gasteiger partial charge on any atom is 0.335 e. The molecule has 3 heterocycles. The lowest BCUT2D eigenvalue weighted by Crippen LogP contribution is -2.51. The molecule has 1 aromatic carbocycles. The molecule has 0 bridgehead atoms. The lowest BCUT2D eigenvalue weighted by molar-refractivity contribution is -0.152. The van der Waals surface area contributed by atoms with Crippen LogP contribution in [0.4, 0.5) is 0 Å². The molecule has 166 valence electrons. The molecule has 3 aliphatic rings. The Labute approximate surface area is 183 Å². The van der Waals surface area contributed by atoms with Crippen LogP contribution in [0.15, 0.2) is 41.5 Å². The van der Waals surface area contributed by atoms with Gasteiger partial charge in [0.1, 0.15) is 5.60 Å². The second-order valence-electron chi connectivity index (χ2n) is 8.90. The van der Waals surface area contributed by atoms with Crippen LogP contribution in [-0.2, 0) is 25.7 Å². The van der Waals surface area contributed by atoms with Crippen molar-refractivity contribution in [3.8, 4) is 0 Å². The van der Waals surface area contributed by atoms with Crippen LogP contribution >= 0.6 is 0 Å². The van der Waals surface area contributed by atoms with Crippen LogP contribution in [0.1, 0.15) is 45.1 Å². The predicted octanol–water partition coefficient (Wildman–Crippen LogP) is 2.02. The van der Waals surface area contributed by atoms with Crippen LogP contribution < -0.4 is 5.32 Å². The number of amides is 2. The fourth-order valence-corrected chi connectivity index (χ4v) is 5.00. The number of esters is 1. The molecular formula is C24H31N3O4. The first-order chi connectivity index (χ1) is 14.9. The first-order valence-corrected chi connectivity index (χ1v) is 11.2. The third kappa shape index (κ3) is 4.51. The van der Waals surface area contributed by atoms with Crippen molar-refractivity contribution in [2.24, 2.45) is 0 Å². The van der Waals surface area contributed by atoms with E-state index in [4.69, 9.17) is 4.74 Å². The maximum absolute atomic E-state index is 13.2. The van der Waals surface area contributed by atoms with Crippen molar-refractivity contribution in [2.75, 3.05) is 26.2 Å². The Balaban J connectivity index is 1.36. The minimum absolute atomic E-state index is 0.00754. The second-order valence-corrected chi connectivity index (χ2v) is 8.90. The zero-order valence-corrected chi connectivity index (χ0v) is 18.4. The highest BCUT2D eigenvalue weighted by atomic mass is 16.6. The van der Waals surface area contributed by atoms with Crippen molar-refractivity contribution in [1.29, 1.82) is 0 Å². The molecule has 31 heavy (non-hydrogen) atoms. The normalized spacial score (nSPS) is 22.0. The van der Waals surface area contributed by atoms with Gasteiger partial charge >= 0.3 is 5.97 Å². The van der Waals surface area contributed by atoms with Gasteiger partial charge in [-0.25, -0.2) is 4.79 Å². The summed E-state index contributed by atoms with van der Waals surface area (Å²) in [5.41, 5.74) is 1.26. The maximum atomic E-state index is 13.2. The Morgan fingerprint density at radius 1 is 1.10 bits per heavy atom. The average Bonchev–Trinajstić information content (AvgIpc) is 3.00.